The van der Waals surface area contributed by atoms with Gasteiger partial charge in [0.05, 0.1) is 6.54 Å². The number of benzene rings is 2. The van der Waals surface area contributed by atoms with Crippen LogP contribution in [-0.2, 0) is 11.2 Å². The van der Waals surface area contributed by atoms with Gasteiger partial charge in [-0.25, -0.2) is 0 Å². The molecule has 0 atom stereocenters. The van der Waals surface area contributed by atoms with Crippen LogP contribution in [0, 0.1) is 6.92 Å². The van der Waals surface area contributed by atoms with Crippen LogP contribution in [0.1, 0.15) is 28.4 Å². The Morgan fingerprint density at radius 3 is 2.33 bits per heavy atom. The molecule has 1 aliphatic heterocycles. The molecule has 1 heterocycles. The number of nitrogens with one attached hydrogen (secondary N) is 1. The van der Waals surface area contributed by atoms with Gasteiger partial charge in [-0.05, 0) is 48.7 Å². The lowest BCUT2D eigenvalue weighted by atomic mass is 10.1. The molecule has 142 valence electrons. The zero-order valence-electron chi connectivity index (χ0n) is 16.1. The molecule has 3 rings (SSSR count). The zero-order chi connectivity index (χ0) is 19.2. The maximum Gasteiger partial charge on any atom is 0.253 e. The molecular weight excluding hydrogens is 338 g/mol. The minimum atomic E-state index is -0.0180. The summed E-state index contributed by atoms with van der Waals surface area (Å²) < 4.78 is 0. The molecule has 27 heavy (non-hydrogen) atoms. The summed E-state index contributed by atoms with van der Waals surface area (Å²) in [6, 6.07) is 15.6. The highest BCUT2D eigenvalue weighted by Crippen LogP contribution is 2.12. The van der Waals surface area contributed by atoms with Gasteiger partial charge in [-0.1, -0.05) is 31.2 Å². The molecule has 1 N–H and O–H groups in total. The summed E-state index contributed by atoms with van der Waals surface area (Å²) in [5, 5.41) is 2.94. The Hall–Kier alpha value is -2.66. The highest BCUT2D eigenvalue weighted by Gasteiger charge is 2.23. The number of aryl methyl sites for hydroxylation is 2. The number of hydrogen-bond donors (Lipinski definition) is 1. The topological polar surface area (TPSA) is 52.7 Å². The normalized spacial score (nSPS) is 14.8. The Morgan fingerprint density at radius 1 is 1.00 bits per heavy atom. The van der Waals surface area contributed by atoms with Crippen molar-refractivity contribution in [1.29, 1.82) is 0 Å². The molecule has 5 nitrogen and oxygen atoms in total. The van der Waals surface area contributed by atoms with E-state index >= 15 is 0 Å². The molecule has 1 saturated heterocycles. The lowest BCUT2D eigenvalue weighted by molar-refractivity contribution is -0.117. The summed E-state index contributed by atoms with van der Waals surface area (Å²) >= 11 is 0. The van der Waals surface area contributed by atoms with Gasteiger partial charge < -0.3 is 10.2 Å². The van der Waals surface area contributed by atoms with E-state index in [1.807, 2.05) is 60.4 Å². The number of hydrogen-bond acceptors (Lipinski definition) is 3. The Labute approximate surface area is 161 Å². The first-order valence-electron chi connectivity index (χ1n) is 9.52. The standard InChI is InChI=1S/C22H27N3O2/c1-3-18-7-9-19(10-8-18)22(27)25-13-11-24(12-14-25)16-21(26)23-20-6-4-5-17(2)15-20/h4-10,15H,3,11-14,16H2,1-2H3,(H,23,26). The molecule has 0 bridgehead atoms. The number of piperazine rings is 1. The van der Waals surface area contributed by atoms with Crippen molar-refractivity contribution in [3.05, 3.63) is 65.2 Å². The lowest BCUT2D eigenvalue weighted by Crippen LogP contribution is -2.50. The minimum absolute atomic E-state index is 0.0180. The number of carbonyl (C=O) groups is 2. The fourth-order valence-corrected chi connectivity index (χ4v) is 3.30. The minimum Gasteiger partial charge on any atom is -0.336 e. The summed E-state index contributed by atoms with van der Waals surface area (Å²) in [7, 11) is 0. The summed E-state index contributed by atoms with van der Waals surface area (Å²) in [5.41, 5.74) is 3.91. The van der Waals surface area contributed by atoms with E-state index in [1.54, 1.807) is 0 Å². The van der Waals surface area contributed by atoms with Crippen LogP contribution in [0.5, 0.6) is 0 Å². The van der Waals surface area contributed by atoms with Crippen molar-refractivity contribution in [3.8, 4) is 0 Å². The molecule has 2 aromatic rings. The summed E-state index contributed by atoms with van der Waals surface area (Å²) in [6.45, 7) is 7.16. The van der Waals surface area contributed by atoms with Crippen molar-refractivity contribution in [3.63, 3.8) is 0 Å². The van der Waals surface area contributed by atoms with Gasteiger partial charge in [0, 0.05) is 37.4 Å². The van der Waals surface area contributed by atoms with Crippen molar-refractivity contribution in [1.82, 2.24) is 9.80 Å². The highest BCUT2D eigenvalue weighted by atomic mass is 16.2. The third-order valence-corrected chi connectivity index (χ3v) is 4.94. The first-order chi connectivity index (χ1) is 13.0. The first-order valence-corrected chi connectivity index (χ1v) is 9.52. The molecule has 0 aliphatic carbocycles. The molecule has 2 amide bonds. The average molecular weight is 365 g/mol. The van der Waals surface area contributed by atoms with Gasteiger partial charge in [-0.2, -0.15) is 0 Å². The van der Waals surface area contributed by atoms with E-state index in [4.69, 9.17) is 0 Å². The van der Waals surface area contributed by atoms with Gasteiger partial charge in [0.25, 0.3) is 5.91 Å². The summed E-state index contributed by atoms with van der Waals surface area (Å²) in [4.78, 5) is 28.8. The van der Waals surface area contributed by atoms with Gasteiger partial charge >= 0.3 is 0 Å². The third kappa shape index (κ3) is 5.17. The van der Waals surface area contributed by atoms with Crippen LogP contribution in [0.3, 0.4) is 0 Å². The Balaban J connectivity index is 1.48. The smallest absolute Gasteiger partial charge is 0.253 e. The predicted octanol–water partition coefficient (Wildman–Crippen LogP) is 2.95. The number of nitrogens with zero attached hydrogens (tertiary/aromatic N) is 2. The van der Waals surface area contributed by atoms with E-state index in [0.29, 0.717) is 32.7 Å². The maximum atomic E-state index is 12.6. The molecule has 1 fully saturated rings. The molecular formula is C22H27N3O2. The van der Waals surface area contributed by atoms with Crippen LogP contribution >= 0.6 is 0 Å². The molecule has 0 spiro atoms. The van der Waals surface area contributed by atoms with E-state index in [2.05, 4.69) is 17.1 Å². The number of amides is 2. The second kappa shape index (κ2) is 8.82. The van der Waals surface area contributed by atoms with Gasteiger partial charge in [0.1, 0.15) is 0 Å². The van der Waals surface area contributed by atoms with Crippen LogP contribution in [0.4, 0.5) is 5.69 Å². The summed E-state index contributed by atoms with van der Waals surface area (Å²) in [5.74, 6) is 0.0528. The Bertz CT molecular complexity index is 793. The fraction of sp³-hybridized carbons (Fsp3) is 0.364. The molecule has 1 aliphatic rings. The van der Waals surface area contributed by atoms with Crippen LogP contribution < -0.4 is 5.32 Å². The van der Waals surface area contributed by atoms with Crippen LogP contribution in [0.2, 0.25) is 0 Å². The van der Waals surface area contributed by atoms with E-state index in [1.165, 1.54) is 5.56 Å². The fourth-order valence-electron chi connectivity index (χ4n) is 3.30. The molecule has 0 saturated carbocycles. The summed E-state index contributed by atoms with van der Waals surface area (Å²) in [6.07, 6.45) is 0.970. The zero-order valence-corrected chi connectivity index (χ0v) is 16.1. The Kier molecular flexibility index (Phi) is 6.24. The highest BCUT2D eigenvalue weighted by molar-refractivity contribution is 5.94. The number of carbonyl (C=O) groups excluding carboxylic acids is 2. The second-order valence-electron chi connectivity index (χ2n) is 7.04. The Morgan fingerprint density at radius 2 is 1.70 bits per heavy atom. The van der Waals surface area contributed by atoms with Crippen LogP contribution in [-0.4, -0.2) is 54.3 Å². The maximum absolute atomic E-state index is 12.6. The first kappa shape index (κ1) is 19.1. The molecule has 2 aromatic carbocycles. The largest absolute Gasteiger partial charge is 0.336 e. The second-order valence-corrected chi connectivity index (χ2v) is 7.04. The monoisotopic (exact) mass is 365 g/mol. The average Bonchev–Trinajstić information content (AvgIpc) is 2.68. The van der Waals surface area contributed by atoms with Crippen molar-refractivity contribution in [2.75, 3.05) is 38.0 Å². The van der Waals surface area contributed by atoms with Crippen molar-refractivity contribution < 1.29 is 9.59 Å². The van der Waals surface area contributed by atoms with E-state index in [0.717, 1.165) is 23.2 Å². The van der Waals surface area contributed by atoms with Gasteiger partial charge in [0.15, 0.2) is 0 Å². The third-order valence-electron chi connectivity index (χ3n) is 4.94. The number of anilines is 1. The van der Waals surface area contributed by atoms with Crippen molar-refractivity contribution >= 4 is 17.5 Å². The van der Waals surface area contributed by atoms with E-state index in [9.17, 15) is 9.59 Å². The van der Waals surface area contributed by atoms with Crippen molar-refractivity contribution in [2.45, 2.75) is 20.3 Å². The van der Waals surface area contributed by atoms with Crippen LogP contribution in [0.25, 0.3) is 0 Å². The predicted molar refractivity (Wildman–Crippen MR) is 108 cm³/mol. The molecule has 0 radical (unpaired) electrons. The van der Waals surface area contributed by atoms with Gasteiger partial charge in [0.2, 0.25) is 5.91 Å². The quantitative estimate of drug-likeness (QED) is 0.886. The van der Waals surface area contributed by atoms with Gasteiger partial charge in [-0.15, -0.1) is 0 Å². The SMILES string of the molecule is CCc1ccc(C(=O)N2CCN(CC(=O)Nc3cccc(C)c3)CC2)cc1. The molecule has 0 unspecified atom stereocenters. The van der Waals surface area contributed by atoms with Crippen molar-refractivity contribution in [2.24, 2.45) is 0 Å². The number of rotatable bonds is 5. The van der Waals surface area contributed by atoms with E-state index < -0.39 is 0 Å². The van der Waals surface area contributed by atoms with Crippen LogP contribution in [0.15, 0.2) is 48.5 Å². The molecule has 0 aromatic heterocycles. The van der Waals surface area contributed by atoms with Gasteiger partial charge in [-0.3, -0.25) is 14.5 Å². The lowest BCUT2D eigenvalue weighted by Gasteiger charge is -2.34. The van der Waals surface area contributed by atoms with E-state index in [-0.39, 0.29) is 11.8 Å². The molecule has 5 heteroatoms.